The van der Waals surface area contributed by atoms with Gasteiger partial charge in [-0.25, -0.2) is 9.37 Å². The van der Waals surface area contributed by atoms with Crippen molar-refractivity contribution in [1.82, 2.24) is 4.98 Å². The molecule has 0 unspecified atom stereocenters. The van der Waals surface area contributed by atoms with Crippen LogP contribution < -0.4 is 10.6 Å². The smallest absolute Gasteiger partial charge is 0.131 e. The number of anilines is 1. The highest BCUT2D eigenvalue weighted by molar-refractivity contribution is 5.47. The minimum atomic E-state index is -0.209. The maximum Gasteiger partial charge on any atom is 0.131 e. The van der Waals surface area contributed by atoms with Crippen molar-refractivity contribution < 1.29 is 4.39 Å². The van der Waals surface area contributed by atoms with Crippen LogP contribution in [0.2, 0.25) is 0 Å². The molecule has 0 bridgehead atoms. The lowest BCUT2D eigenvalue weighted by molar-refractivity contribution is 0.625. The molecule has 0 saturated carbocycles. The van der Waals surface area contributed by atoms with E-state index in [9.17, 15) is 4.39 Å². The van der Waals surface area contributed by atoms with Crippen LogP contribution in [0.4, 0.5) is 10.2 Å². The molecule has 1 aromatic carbocycles. The molecule has 0 radical (unpaired) electrons. The molecule has 3 nitrogen and oxygen atoms in total. The van der Waals surface area contributed by atoms with Crippen LogP contribution >= 0.6 is 0 Å². The first-order chi connectivity index (χ1) is 9.60. The van der Waals surface area contributed by atoms with E-state index in [-0.39, 0.29) is 5.82 Å². The molecular formula is C16H20FN3. The van der Waals surface area contributed by atoms with Crippen molar-refractivity contribution in [2.75, 3.05) is 18.5 Å². The molecule has 0 spiro atoms. The Bertz CT molecular complexity index is 584. The summed E-state index contributed by atoms with van der Waals surface area (Å²) in [6.45, 7) is 3.28. The molecule has 0 aliphatic rings. The number of benzene rings is 1. The summed E-state index contributed by atoms with van der Waals surface area (Å²) in [4.78, 5) is 6.52. The summed E-state index contributed by atoms with van der Waals surface area (Å²) in [5.41, 5.74) is 8.73. The molecule has 2 N–H and O–H groups in total. The predicted molar refractivity (Wildman–Crippen MR) is 80.2 cm³/mol. The van der Waals surface area contributed by atoms with E-state index >= 15 is 0 Å². The van der Waals surface area contributed by atoms with E-state index in [1.54, 1.807) is 12.1 Å². The molecule has 0 fully saturated rings. The topological polar surface area (TPSA) is 42.1 Å². The second-order valence-corrected chi connectivity index (χ2v) is 5.01. The molecule has 0 aliphatic heterocycles. The van der Waals surface area contributed by atoms with Gasteiger partial charge in [0.05, 0.1) is 0 Å². The van der Waals surface area contributed by atoms with Gasteiger partial charge in [-0.2, -0.15) is 0 Å². The molecule has 106 valence electrons. The zero-order valence-corrected chi connectivity index (χ0v) is 11.9. The van der Waals surface area contributed by atoms with Gasteiger partial charge in [0.2, 0.25) is 0 Å². The third-order valence-electron chi connectivity index (χ3n) is 3.21. The summed E-state index contributed by atoms with van der Waals surface area (Å²) in [7, 11) is 1.96. The summed E-state index contributed by atoms with van der Waals surface area (Å²) >= 11 is 0. The summed E-state index contributed by atoms with van der Waals surface area (Å²) in [6.07, 6.45) is 2.69. The average molecular weight is 273 g/mol. The highest BCUT2D eigenvalue weighted by Crippen LogP contribution is 2.19. The largest absolute Gasteiger partial charge is 0.355 e. The van der Waals surface area contributed by atoms with Crippen LogP contribution in [0.5, 0.6) is 0 Å². The summed E-state index contributed by atoms with van der Waals surface area (Å²) in [6, 6.07) is 8.75. The van der Waals surface area contributed by atoms with Gasteiger partial charge in [-0.15, -0.1) is 0 Å². The van der Waals surface area contributed by atoms with Crippen molar-refractivity contribution in [2.24, 2.45) is 5.73 Å². The highest BCUT2D eigenvalue weighted by Gasteiger charge is 2.08. The summed E-state index contributed by atoms with van der Waals surface area (Å²) < 4.78 is 13.2. The Labute approximate surface area is 119 Å². The number of hydrogen-bond donors (Lipinski definition) is 1. The fraction of sp³-hybridized carbons (Fsp3) is 0.312. The molecule has 4 heteroatoms. The van der Waals surface area contributed by atoms with Crippen molar-refractivity contribution in [3.63, 3.8) is 0 Å². The molecule has 0 atom stereocenters. The number of hydrogen-bond acceptors (Lipinski definition) is 3. The number of halogens is 1. The van der Waals surface area contributed by atoms with Gasteiger partial charge in [-0.05, 0) is 48.7 Å². The van der Waals surface area contributed by atoms with E-state index < -0.39 is 0 Å². The number of aromatic nitrogens is 1. The van der Waals surface area contributed by atoms with E-state index in [0.717, 1.165) is 28.9 Å². The van der Waals surface area contributed by atoms with E-state index in [0.29, 0.717) is 13.1 Å². The molecular weight excluding hydrogens is 253 g/mol. The van der Waals surface area contributed by atoms with Crippen LogP contribution in [0.1, 0.15) is 16.7 Å². The van der Waals surface area contributed by atoms with Gasteiger partial charge in [0, 0.05) is 19.8 Å². The van der Waals surface area contributed by atoms with Crippen LogP contribution in [0.15, 0.2) is 36.5 Å². The molecule has 2 aromatic rings. The monoisotopic (exact) mass is 273 g/mol. The number of nitrogens with zero attached hydrogens (tertiary/aromatic N) is 2. The summed E-state index contributed by atoms with van der Waals surface area (Å²) in [5, 5.41) is 0. The van der Waals surface area contributed by atoms with Gasteiger partial charge in [-0.1, -0.05) is 18.2 Å². The van der Waals surface area contributed by atoms with Crippen molar-refractivity contribution >= 4 is 5.82 Å². The first-order valence-electron chi connectivity index (χ1n) is 6.71. The Balaban J connectivity index is 2.14. The van der Waals surface area contributed by atoms with E-state index in [2.05, 4.69) is 11.1 Å². The first-order valence-corrected chi connectivity index (χ1v) is 6.71. The van der Waals surface area contributed by atoms with Crippen molar-refractivity contribution in [3.05, 3.63) is 59.0 Å². The quantitative estimate of drug-likeness (QED) is 0.910. The van der Waals surface area contributed by atoms with Crippen molar-refractivity contribution in [2.45, 2.75) is 19.9 Å². The van der Waals surface area contributed by atoms with Crippen molar-refractivity contribution in [1.29, 1.82) is 0 Å². The first kappa shape index (κ1) is 14.5. The Morgan fingerprint density at radius 2 is 2.05 bits per heavy atom. The zero-order valence-electron chi connectivity index (χ0n) is 11.9. The van der Waals surface area contributed by atoms with Crippen LogP contribution in [0, 0.1) is 12.7 Å². The Kier molecular flexibility index (Phi) is 4.69. The van der Waals surface area contributed by atoms with Crippen molar-refractivity contribution in [3.8, 4) is 0 Å². The molecule has 2 rings (SSSR count). The summed E-state index contributed by atoms with van der Waals surface area (Å²) in [5.74, 6) is 0.703. The Morgan fingerprint density at radius 1 is 1.25 bits per heavy atom. The lowest BCUT2D eigenvalue weighted by Gasteiger charge is -2.20. The standard InChI is InChI=1S/C16H20FN3/c1-12-8-13(6-7-18)10-19-16(12)20(2)11-14-4-3-5-15(17)9-14/h3-5,8-10H,6-7,11,18H2,1-2H3. The molecule has 0 saturated heterocycles. The SMILES string of the molecule is Cc1cc(CCN)cnc1N(C)Cc1cccc(F)c1. The maximum atomic E-state index is 13.2. The third kappa shape index (κ3) is 3.54. The fourth-order valence-corrected chi connectivity index (χ4v) is 2.31. The zero-order chi connectivity index (χ0) is 14.5. The van der Waals surface area contributed by atoms with Crippen LogP contribution in [0.3, 0.4) is 0 Å². The number of aryl methyl sites for hydroxylation is 1. The third-order valence-corrected chi connectivity index (χ3v) is 3.21. The highest BCUT2D eigenvalue weighted by atomic mass is 19.1. The Hall–Kier alpha value is -1.94. The van der Waals surface area contributed by atoms with Gasteiger partial charge in [-0.3, -0.25) is 0 Å². The lowest BCUT2D eigenvalue weighted by atomic mass is 10.1. The minimum Gasteiger partial charge on any atom is -0.355 e. The number of pyridine rings is 1. The Morgan fingerprint density at radius 3 is 2.70 bits per heavy atom. The molecule has 0 aliphatic carbocycles. The lowest BCUT2D eigenvalue weighted by Crippen LogP contribution is -2.19. The second kappa shape index (κ2) is 6.48. The normalized spacial score (nSPS) is 10.6. The van der Waals surface area contributed by atoms with E-state index in [1.807, 2.05) is 31.1 Å². The minimum absolute atomic E-state index is 0.209. The predicted octanol–water partition coefficient (Wildman–Crippen LogP) is 2.67. The van der Waals surface area contributed by atoms with Gasteiger partial charge >= 0.3 is 0 Å². The van der Waals surface area contributed by atoms with Crippen LogP contribution in [-0.2, 0) is 13.0 Å². The van der Waals surface area contributed by atoms with E-state index in [1.165, 1.54) is 6.07 Å². The molecule has 1 heterocycles. The van der Waals surface area contributed by atoms with Gasteiger partial charge < -0.3 is 10.6 Å². The molecule has 20 heavy (non-hydrogen) atoms. The van der Waals surface area contributed by atoms with Crippen LogP contribution in [-0.4, -0.2) is 18.6 Å². The van der Waals surface area contributed by atoms with Gasteiger partial charge in [0.15, 0.2) is 0 Å². The molecule has 1 aromatic heterocycles. The van der Waals surface area contributed by atoms with Gasteiger partial charge in [0.1, 0.15) is 11.6 Å². The number of nitrogens with two attached hydrogens (primary N) is 1. The van der Waals surface area contributed by atoms with Crippen LogP contribution in [0.25, 0.3) is 0 Å². The fourth-order valence-electron chi connectivity index (χ4n) is 2.31. The van der Waals surface area contributed by atoms with Gasteiger partial charge in [0.25, 0.3) is 0 Å². The molecule has 0 amide bonds. The second-order valence-electron chi connectivity index (χ2n) is 5.01. The number of rotatable bonds is 5. The average Bonchev–Trinajstić information content (AvgIpc) is 2.39. The maximum absolute atomic E-state index is 13.2. The van der Waals surface area contributed by atoms with E-state index in [4.69, 9.17) is 5.73 Å².